The summed E-state index contributed by atoms with van der Waals surface area (Å²) in [5.41, 5.74) is 0.355. The van der Waals surface area contributed by atoms with Crippen LogP contribution in [0, 0.1) is 17.0 Å². The molecule has 2 aliphatic heterocycles. The average molecular weight is 509 g/mol. The molecule has 2 atom stereocenters. The van der Waals surface area contributed by atoms with Crippen molar-refractivity contribution in [2.24, 2.45) is 0 Å². The standard InChI is InChI=1S/C27H32N4O6/c1-4-19(3)28-24(32)23-17-37-27(30(23)26(34)22-11-6-5-8-18(22)2)12-14-29(15-13-27)25(33)20-9-7-10-21(16-20)31(35)36/h5-11,16,19,23H,4,12-15,17H2,1-3H3,(H,28,32)/t19-,23-/m1/s1. The summed E-state index contributed by atoms with van der Waals surface area (Å²) < 4.78 is 6.23. The number of carbonyl (C=O) groups is 3. The number of nitro benzene ring substituents is 1. The number of likely N-dealkylation sites (tertiary alicyclic amines) is 1. The van der Waals surface area contributed by atoms with Gasteiger partial charge in [-0.1, -0.05) is 31.2 Å². The molecule has 4 rings (SSSR count). The van der Waals surface area contributed by atoms with Crippen LogP contribution in [0.1, 0.15) is 59.4 Å². The molecule has 10 nitrogen and oxygen atoms in total. The molecule has 0 bridgehead atoms. The highest BCUT2D eigenvalue weighted by molar-refractivity contribution is 5.99. The minimum absolute atomic E-state index is 0.0474. The van der Waals surface area contributed by atoms with E-state index in [1.807, 2.05) is 32.9 Å². The van der Waals surface area contributed by atoms with Gasteiger partial charge in [-0.25, -0.2) is 0 Å². The predicted molar refractivity (Wildman–Crippen MR) is 136 cm³/mol. The summed E-state index contributed by atoms with van der Waals surface area (Å²) >= 11 is 0. The minimum atomic E-state index is -1.03. The quantitative estimate of drug-likeness (QED) is 0.472. The number of nitro groups is 1. The third kappa shape index (κ3) is 5.20. The second kappa shape index (κ2) is 10.7. The zero-order chi connectivity index (χ0) is 26.7. The SMILES string of the molecule is CC[C@@H](C)NC(=O)[C@H]1COC2(CCN(C(=O)c3cccc([N+](=O)[O-])c3)CC2)N1C(=O)c1ccccc1C. The van der Waals surface area contributed by atoms with Crippen molar-refractivity contribution in [1.82, 2.24) is 15.1 Å². The van der Waals surface area contributed by atoms with E-state index < -0.39 is 16.7 Å². The van der Waals surface area contributed by atoms with Crippen LogP contribution in [0.25, 0.3) is 0 Å². The van der Waals surface area contributed by atoms with Gasteiger partial charge in [0.25, 0.3) is 17.5 Å². The van der Waals surface area contributed by atoms with Crippen LogP contribution in [-0.2, 0) is 9.53 Å². The Labute approximate surface area is 215 Å². The van der Waals surface area contributed by atoms with Gasteiger partial charge in [0.05, 0.1) is 11.5 Å². The van der Waals surface area contributed by atoms with Crippen molar-refractivity contribution in [3.05, 3.63) is 75.3 Å². The van der Waals surface area contributed by atoms with E-state index in [0.717, 1.165) is 12.0 Å². The van der Waals surface area contributed by atoms with Crippen LogP contribution in [0.2, 0.25) is 0 Å². The number of rotatable bonds is 6. The van der Waals surface area contributed by atoms with Gasteiger partial charge >= 0.3 is 0 Å². The first-order valence-corrected chi connectivity index (χ1v) is 12.5. The summed E-state index contributed by atoms with van der Waals surface area (Å²) in [6.07, 6.45) is 1.39. The van der Waals surface area contributed by atoms with E-state index in [0.29, 0.717) is 18.4 Å². The molecule has 0 radical (unpaired) electrons. The smallest absolute Gasteiger partial charge is 0.270 e. The number of hydrogen-bond donors (Lipinski definition) is 1. The third-order valence-electron chi connectivity index (χ3n) is 7.29. The zero-order valence-electron chi connectivity index (χ0n) is 21.3. The first kappa shape index (κ1) is 26.3. The van der Waals surface area contributed by atoms with Crippen LogP contribution in [0.15, 0.2) is 48.5 Å². The van der Waals surface area contributed by atoms with Crippen LogP contribution >= 0.6 is 0 Å². The number of amides is 3. The Morgan fingerprint density at radius 3 is 2.49 bits per heavy atom. The monoisotopic (exact) mass is 508 g/mol. The van der Waals surface area contributed by atoms with Crippen molar-refractivity contribution in [2.75, 3.05) is 19.7 Å². The Kier molecular flexibility index (Phi) is 7.58. The van der Waals surface area contributed by atoms with Crippen molar-refractivity contribution in [3.8, 4) is 0 Å². The van der Waals surface area contributed by atoms with Crippen LogP contribution in [-0.4, -0.2) is 69.9 Å². The number of benzene rings is 2. The molecule has 0 saturated carbocycles. The molecule has 2 saturated heterocycles. The van der Waals surface area contributed by atoms with Crippen molar-refractivity contribution in [1.29, 1.82) is 0 Å². The van der Waals surface area contributed by atoms with E-state index in [1.165, 1.54) is 18.2 Å². The molecular formula is C27H32N4O6. The topological polar surface area (TPSA) is 122 Å². The first-order chi connectivity index (χ1) is 17.7. The first-order valence-electron chi connectivity index (χ1n) is 12.5. The van der Waals surface area contributed by atoms with E-state index >= 15 is 0 Å². The minimum Gasteiger partial charge on any atom is -0.353 e. The normalized spacial score (nSPS) is 19.5. The maximum Gasteiger partial charge on any atom is 0.270 e. The molecule has 0 aliphatic carbocycles. The lowest BCUT2D eigenvalue weighted by Gasteiger charge is -2.44. The number of piperidine rings is 1. The molecular weight excluding hydrogens is 476 g/mol. The largest absolute Gasteiger partial charge is 0.353 e. The number of hydrogen-bond acceptors (Lipinski definition) is 6. The van der Waals surface area contributed by atoms with Crippen LogP contribution in [0.5, 0.6) is 0 Å². The number of non-ortho nitro benzene ring substituents is 1. The Morgan fingerprint density at radius 2 is 1.84 bits per heavy atom. The lowest BCUT2D eigenvalue weighted by molar-refractivity contribution is -0.384. The summed E-state index contributed by atoms with van der Waals surface area (Å²) in [6.45, 7) is 6.36. The fraction of sp³-hybridized carbons (Fsp3) is 0.444. The van der Waals surface area contributed by atoms with Gasteiger partial charge in [0.2, 0.25) is 5.91 Å². The van der Waals surface area contributed by atoms with Gasteiger partial charge in [-0.3, -0.25) is 29.4 Å². The maximum absolute atomic E-state index is 13.9. The summed E-state index contributed by atoms with van der Waals surface area (Å²) in [6, 6.07) is 12.0. The maximum atomic E-state index is 13.9. The van der Waals surface area contributed by atoms with Gasteiger partial charge in [-0.05, 0) is 38.0 Å². The van der Waals surface area contributed by atoms with E-state index in [2.05, 4.69) is 5.32 Å². The van der Waals surface area contributed by atoms with Gasteiger partial charge in [-0.2, -0.15) is 0 Å². The van der Waals surface area contributed by atoms with Crippen molar-refractivity contribution in [2.45, 2.75) is 57.8 Å². The lowest BCUT2D eigenvalue weighted by atomic mass is 9.95. The number of aryl methyl sites for hydroxylation is 1. The fourth-order valence-electron chi connectivity index (χ4n) is 4.94. The van der Waals surface area contributed by atoms with Crippen LogP contribution in [0.3, 0.4) is 0 Å². The predicted octanol–water partition coefficient (Wildman–Crippen LogP) is 3.29. The second-order valence-corrected chi connectivity index (χ2v) is 9.68. The Hall–Kier alpha value is -3.79. The number of ether oxygens (including phenoxy) is 1. The average Bonchev–Trinajstić information content (AvgIpc) is 3.27. The van der Waals surface area contributed by atoms with Crippen LogP contribution < -0.4 is 5.32 Å². The molecule has 3 amide bonds. The summed E-state index contributed by atoms with van der Waals surface area (Å²) in [5, 5.41) is 14.1. The van der Waals surface area contributed by atoms with Gasteiger partial charge < -0.3 is 15.0 Å². The zero-order valence-corrected chi connectivity index (χ0v) is 21.3. The van der Waals surface area contributed by atoms with Crippen molar-refractivity contribution < 1.29 is 24.0 Å². The summed E-state index contributed by atoms with van der Waals surface area (Å²) in [4.78, 5) is 54.0. The molecule has 196 valence electrons. The van der Waals surface area contributed by atoms with E-state index in [1.54, 1.807) is 28.0 Å². The molecule has 2 aliphatic rings. The molecule has 0 unspecified atom stereocenters. The highest BCUT2D eigenvalue weighted by Gasteiger charge is 2.54. The Morgan fingerprint density at radius 1 is 1.14 bits per heavy atom. The molecule has 2 aromatic carbocycles. The second-order valence-electron chi connectivity index (χ2n) is 9.68. The molecule has 10 heteroatoms. The van der Waals surface area contributed by atoms with E-state index in [9.17, 15) is 24.5 Å². The molecule has 1 spiro atoms. The Balaban J connectivity index is 1.58. The van der Waals surface area contributed by atoms with Crippen LogP contribution in [0.4, 0.5) is 5.69 Å². The number of nitrogens with zero attached hydrogens (tertiary/aromatic N) is 3. The van der Waals surface area contributed by atoms with Crippen molar-refractivity contribution in [3.63, 3.8) is 0 Å². The lowest BCUT2D eigenvalue weighted by Crippen LogP contribution is -2.60. The number of carbonyl (C=O) groups excluding carboxylic acids is 3. The molecule has 2 aromatic rings. The molecule has 1 N–H and O–H groups in total. The third-order valence-corrected chi connectivity index (χ3v) is 7.29. The highest BCUT2D eigenvalue weighted by Crippen LogP contribution is 2.39. The highest BCUT2D eigenvalue weighted by atomic mass is 16.6. The summed E-state index contributed by atoms with van der Waals surface area (Å²) in [7, 11) is 0. The van der Waals surface area contributed by atoms with Crippen molar-refractivity contribution >= 4 is 23.4 Å². The van der Waals surface area contributed by atoms with Gasteiger partial charge in [-0.15, -0.1) is 0 Å². The summed E-state index contributed by atoms with van der Waals surface area (Å²) in [5.74, 6) is -0.860. The van der Waals surface area contributed by atoms with Gasteiger partial charge in [0, 0.05) is 55.2 Å². The number of nitrogens with one attached hydrogen (secondary N) is 1. The van der Waals surface area contributed by atoms with Gasteiger partial charge in [0.15, 0.2) is 0 Å². The molecule has 2 fully saturated rings. The van der Waals surface area contributed by atoms with E-state index in [-0.39, 0.29) is 54.7 Å². The molecule has 37 heavy (non-hydrogen) atoms. The Bertz CT molecular complexity index is 1210. The van der Waals surface area contributed by atoms with Gasteiger partial charge in [0.1, 0.15) is 11.8 Å². The molecule has 2 heterocycles. The fourth-order valence-corrected chi connectivity index (χ4v) is 4.94. The van der Waals surface area contributed by atoms with E-state index in [4.69, 9.17) is 4.74 Å². The molecule has 0 aromatic heterocycles.